The molecule has 0 saturated carbocycles. The molecule has 0 heterocycles. The van der Waals surface area contributed by atoms with Crippen molar-refractivity contribution in [3.8, 4) is 5.75 Å². The Labute approximate surface area is 194 Å². The Kier molecular flexibility index (Phi) is 10.2. The number of hydrogen-bond donors (Lipinski definition) is 1. The number of nitrogens with zero attached hydrogens (tertiary/aromatic N) is 1. The fourth-order valence-corrected chi connectivity index (χ4v) is 3.74. The van der Waals surface area contributed by atoms with Crippen molar-refractivity contribution >= 4 is 35.0 Å². The van der Waals surface area contributed by atoms with Gasteiger partial charge in [-0.2, -0.15) is 0 Å². The maximum Gasteiger partial charge on any atom is 0.243 e. The minimum Gasteiger partial charge on any atom is -0.494 e. The van der Waals surface area contributed by atoms with Gasteiger partial charge in [0.15, 0.2) is 0 Å². The summed E-state index contributed by atoms with van der Waals surface area (Å²) in [6.07, 6.45) is 1.26. The Morgan fingerprint density at radius 3 is 2.26 bits per heavy atom. The van der Waals surface area contributed by atoms with Crippen molar-refractivity contribution in [2.45, 2.75) is 58.7 Å². The Balaban J connectivity index is 2.13. The average molecular weight is 465 g/mol. The number of carbonyl (C=O) groups is 2. The number of hydrogen-bond acceptors (Lipinski definition) is 3. The molecular weight excluding hydrogens is 435 g/mol. The zero-order valence-corrected chi connectivity index (χ0v) is 19.7. The first-order chi connectivity index (χ1) is 14.8. The Morgan fingerprint density at radius 1 is 1.03 bits per heavy atom. The van der Waals surface area contributed by atoms with Crippen molar-refractivity contribution in [3.63, 3.8) is 0 Å². The third-order valence-corrected chi connectivity index (χ3v) is 5.46. The first kappa shape index (κ1) is 25.0. The van der Waals surface area contributed by atoms with Gasteiger partial charge in [0.1, 0.15) is 11.8 Å². The molecule has 0 fully saturated rings. The van der Waals surface area contributed by atoms with Crippen LogP contribution in [0, 0.1) is 0 Å². The summed E-state index contributed by atoms with van der Waals surface area (Å²) in [5.74, 6) is 0.436. The van der Waals surface area contributed by atoms with Crippen LogP contribution in [0.15, 0.2) is 48.5 Å². The molecule has 0 saturated heterocycles. The summed E-state index contributed by atoms with van der Waals surface area (Å²) in [7, 11) is 0. The number of nitrogens with one attached hydrogen (secondary N) is 1. The minimum absolute atomic E-state index is 0.0262. The summed E-state index contributed by atoms with van der Waals surface area (Å²) >= 11 is 12.7. The van der Waals surface area contributed by atoms with Crippen molar-refractivity contribution < 1.29 is 14.3 Å². The van der Waals surface area contributed by atoms with Crippen LogP contribution >= 0.6 is 23.2 Å². The highest BCUT2D eigenvalue weighted by atomic mass is 35.5. The molecule has 31 heavy (non-hydrogen) atoms. The third kappa shape index (κ3) is 7.75. The lowest BCUT2D eigenvalue weighted by Crippen LogP contribution is -2.50. The molecule has 0 aromatic heterocycles. The van der Waals surface area contributed by atoms with Crippen LogP contribution in [0.3, 0.4) is 0 Å². The second-order valence-corrected chi connectivity index (χ2v) is 8.39. The van der Waals surface area contributed by atoms with Crippen LogP contribution in [0.5, 0.6) is 5.75 Å². The SMILES string of the molecule is CC[C@@H](C(=O)NC(C)C)N(Cc1c(Cl)cccc1Cl)C(=O)CCCOc1ccccc1. The maximum atomic E-state index is 13.2. The van der Waals surface area contributed by atoms with E-state index in [1.165, 1.54) is 0 Å². The predicted molar refractivity (Wildman–Crippen MR) is 126 cm³/mol. The fourth-order valence-electron chi connectivity index (χ4n) is 3.23. The number of halogens is 2. The molecule has 0 radical (unpaired) electrons. The lowest BCUT2D eigenvalue weighted by molar-refractivity contribution is -0.141. The molecule has 0 spiro atoms. The molecule has 2 rings (SSSR count). The van der Waals surface area contributed by atoms with Gasteiger partial charge in [0, 0.05) is 34.6 Å². The van der Waals surface area contributed by atoms with Gasteiger partial charge >= 0.3 is 0 Å². The summed E-state index contributed by atoms with van der Waals surface area (Å²) in [5.41, 5.74) is 0.635. The average Bonchev–Trinajstić information content (AvgIpc) is 2.73. The predicted octanol–water partition coefficient (Wildman–Crippen LogP) is 5.48. The van der Waals surface area contributed by atoms with Gasteiger partial charge < -0.3 is 15.0 Å². The number of benzene rings is 2. The van der Waals surface area contributed by atoms with E-state index in [2.05, 4.69) is 5.32 Å². The minimum atomic E-state index is -0.614. The van der Waals surface area contributed by atoms with Crippen LogP contribution in [0.1, 0.15) is 45.6 Å². The quantitative estimate of drug-likeness (QED) is 0.447. The van der Waals surface area contributed by atoms with Gasteiger partial charge in [-0.3, -0.25) is 9.59 Å². The van der Waals surface area contributed by atoms with Crippen molar-refractivity contribution in [1.82, 2.24) is 10.2 Å². The monoisotopic (exact) mass is 464 g/mol. The van der Waals surface area contributed by atoms with Gasteiger partial charge in [0.2, 0.25) is 11.8 Å². The second-order valence-electron chi connectivity index (χ2n) is 7.57. The van der Waals surface area contributed by atoms with Crippen LogP contribution < -0.4 is 10.1 Å². The van der Waals surface area contributed by atoms with E-state index in [0.717, 1.165) is 5.75 Å². The van der Waals surface area contributed by atoms with Gasteiger partial charge in [-0.1, -0.05) is 54.4 Å². The molecule has 2 aromatic rings. The first-order valence-corrected chi connectivity index (χ1v) is 11.3. The van der Waals surface area contributed by atoms with E-state index >= 15 is 0 Å². The summed E-state index contributed by atoms with van der Waals surface area (Å²) in [6, 6.07) is 14.0. The molecule has 5 nitrogen and oxygen atoms in total. The summed E-state index contributed by atoms with van der Waals surface area (Å²) in [6.45, 7) is 6.25. The Morgan fingerprint density at radius 2 is 1.68 bits per heavy atom. The molecule has 1 atom stereocenters. The highest BCUT2D eigenvalue weighted by molar-refractivity contribution is 6.36. The van der Waals surface area contributed by atoms with Crippen molar-refractivity contribution in [1.29, 1.82) is 0 Å². The standard InChI is InChI=1S/C24H30Cl2N2O3/c1-4-22(24(30)27-17(2)3)28(16-19-20(25)12-8-13-21(19)26)23(29)14-9-15-31-18-10-6-5-7-11-18/h5-8,10-13,17,22H,4,9,14-16H2,1-3H3,(H,27,30)/t22-/m0/s1. The van der Waals surface area contributed by atoms with Gasteiger partial charge in [0.05, 0.1) is 6.61 Å². The van der Waals surface area contributed by atoms with Crippen LogP contribution in [0.25, 0.3) is 0 Å². The number of para-hydroxylation sites is 1. The largest absolute Gasteiger partial charge is 0.494 e. The Bertz CT molecular complexity index is 839. The second kappa shape index (κ2) is 12.6. The van der Waals surface area contributed by atoms with Crippen LogP contribution in [-0.4, -0.2) is 35.4 Å². The molecule has 168 valence electrons. The highest BCUT2D eigenvalue weighted by Gasteiger charge is 2.29. The highest BCUT2D eigenvalue weighted by Crippen LogP contribution is 2.27. The zero-order valence-electron chi connectivity index (χ0n) is 18.2. The molecule has 2 amide bonds. The molecular formula is C24H30Cl2N2O3. The molecule has 0 aliphatic rings. The van der Waals surface area contributed by atoms with Gasteiger partial charge in [-0.15, -0.1) is 0 Å². The fraction of sp³-hybridized carbons (Fsp3) is 0.417. The molecule has 1 N–H and O–H groups in total. The third-order valence-electron chi connectivity index (χ3n) is 4.75. The molecule has 2 aromatic carbocycles. The summed E-state index contributed by atoms with van der Waals surface area (Å²) < 4.78 is 5.69. The van der Waals surface area contributed by atoms with Gasteiger partial charge in [-0.25, -0.2) is 0 Å². The van der Waals surface area contributed by atoms with E-state index < -0.39 is 6.04 Å². The van der Waals surface area contributed by atoms with Gasteiger partial charge in [0.25, 0.3) is 0 Å². The maximum absolute atomic E-state index is 13.2. The zero-order chi connectivity index (χ0) is 22.8. The van der Waals surface area contributed by atoms with Crippen LogP contribution in [0.2, 0.25) is 10.0 Å². The topological polar surface area (TPSA) is 58.6 Å². The lowest BCUT2D eigenvalue weighted by Gasteiger charge is -2.31. The van der Waals surface area contributed by atoms with Crippen molar-refractivity contribution in [2.24, 2.45) is 0 Å². The van der Waals surface area contributed by atoms with Crippen molar-refractivity contribution in [3.05, 3.63) is 64.1 Å². The van der Waals surface area contributed by atoms with Crippen LogP contribution in [0.4, 0.5) is 0 Å². The number of rotatable bonds is 11. The van der Waals surface area contributed by atoms with E-state index in [1.807, 2.05) is 51.1 Å². The molecule has 0 aliphatic heterocycles. The number of ether oxygens (including phenoxy) is 1. The summed E-state index contributed by atoms with van der Waals surface area (Å²) in [5, 5.41) is 3.85. The number of carbonyl (C=O) groups excluding carboxylic acids is 2. The number of amides is 2. The molecule has 0 aliphatic carbocycles. The molecule has 0 bridgehead atoms. The van der Waals surface area contributed by atoms with E-state index in [-0.39, 0.29) is 30.8 Å². The Hall–Kier alpha value is -2.24. The molecule has 0 unspecified atom stereocenters. The van der Waals surface area contributed by atoms with E-state index in [9.17, 15) is 9.59 Å². The van der Waals surface area contributed by atoms with E-state index in [4.69, 9.17) is 27.9 Å². The van der Waals surface area contributed by atoms with E-state index in [1.54, 1.807) is 23.1 Å². The van der Waals surface area contributed by atoms with Crippen LogP contribution in [-0.2, 0) is 16.1 Å². The normalized spacial score (nSPS) is 11.8. The van der Waals surface area contributed by atoms with Gasteiger partial charge in [-0.05, 0) is 51.0 Å². The van der Waals surface area contributed by atoms with E-state index in [0.29, 0.717) is 35.1 Å². The summed E-state index contributed by atoms with van der Waals surface area (Å²) in [4.78, 5) is 27.6. The van der Waals surface area contributed by atoms with Crippen molar-refractivity contribution in [2.75, 3.05) is 6.61 Å². The lowest BCUT2D eigenvalue weighted by atomic mass is 10.1. The first-order valence-electron chi connectivity index (χ1n) is 10.5. The smallest absolute Gasteiger partial charge is 0.243 e. The molecule has 7 heteroatoms.